The zero-order chi connectivity index (χ0) is 9.14. The average molecular weight is 198 g/mol. The zero-order valence-corrected chi connectivity index (χ0v) is 8.46. The predicted molar refractivity (Wildman–Crippen MR) is 55.6 cm³/mol. The van der Waals surface area contributed by atoms with Gasteiger partial charge in [0.1, 0.15) is 0 Å². The molecule has 0 aliphatic rings. The number of aryl methyl sites for hydroxylation is 2. The minimum Gasteiger partial charge on any atom is -0.194 e. The molecule has 1 rings (SSSR count). The number of halogens is 1. The van der Waals surface area contributed by atoms with Crippen LogP contribution in [0.5, 0.6) is 0 Å². The normalized spacial score (nSPS) is 9.25. The minimum atomic E-state index is 0.760. The van der Waals surface area contributed by atoms with E-state index in [1.165, 1.54) is 0 Å². The fourth-order valence-corrected chi connectivity index (χ4v) is 1.25. The van der Waals surface area contributed by atoms with Crippen LogP contribution in [0.1, 0.15) is 11.1 Å². The lowest BCUT2D eigenvalue weighted by Gasteiger charge is -2.02. The van der Waals surface area contributed by atoms with Crippen LogP contribution in [-0.2, 0) is 0 Å². The molecule has 12 heavy (non-hydrogen) atoms. The van der Waals surface area contributed by atoms with Gasteiger partial charge in [0.2, 0.25) is 0 Å². The number of aliphatic imine (C=N–C) groups is 1. The van der Waals surface area contributed by atoms with E-state index < -0.39 is 0 Å². The summed E-state index contributed by atoms with van der Waals surface area (Å²) in [5.41, 5.74) is 2.86. The van der Waals surface area contributed by atoms with E-state index in [9.17, 15) is 0 Å². The Bertz CT molecular complexity index is 354. The molecule has 0 bridgehead atoms. The van der Waals surface area contributed by atoms with E-state index in [0.717, 1.165) is 21.8 Å². The Morgan fingerprint density at radius 1 is 1.33 bits per heavy atom. The molecule has 0 fully saturated rings. The summed E-state index contributed by atoms with van der Waals surface area (Å²) in [6.07, 6.45) is 0. The smallest absolute Gasteiger partial charge is 0.0772 e. The van der Waals surface area contributed by atoms with Gasteiger partial charge in [-0.15, -0.1) is 0 Å². The zero-order valence-electron chi connectivity index (χ0n) is 6.89. The van der Waals surface area contributed by atoms with Crippen molar-refractivity contribution in [1.29, 1.82) is 0 Å². The van der Waals surface area contributed by atoms with E-state index in [1.54, 1.807) is 0 Å². The summed E-state index contributed by atoms with van der Waals surface area (Å²) in [5.74, 6) is 0. The van der Waals surface area contributed by atoms with Crippen molar-refractivity contribution in [3.8, 4) is 0 Å². The summed E-state index contributed by atoms with van der Waals surface area (Å²) in [6.45, 7) is 3.88. The first-order valence-electron chi connectivity index (χ1n) is 3.50. The van der Waals surface area contributed by atoms with E-state index in [4.69, 9.17) is 11.6 Å². The average Bonchev–Trinajstić information content (AvgIpc) is 2.01. The molecule has 0 saturated heterocycles. The third-order valence-corrected chi connectivity index (χ3v) is 2.14. The molecule has 0 amide bonds. The summed E-state index contributed by atoms with van der Waals surface area (Å²) in [4.78, 5) is 3.91. The molecule has 0 aromatic heterocycles. The fraction of sp³-hybridized carbons (Fsp3) is 0.222. The fourth-order valence-electron chi connectivity index (χ4n) is 0.935. The number of benzene rings is 1. The maximum atomic E-state index is 5.90. The Hall–Kier alpha value is -0.690. The molecular formula is C9H8ClNS. The molecule has 62 valence electrons. The maximum absolute atomic E-state index is 5.90. The first kappa shape index (κ1) is 9.40. The van der Waals surface area contributed by atoms with E-state index in [1.807, 2.05) is 26.0 Å². The van der Waals surface area contributed by atoms with Crippen molar-refractivity contribution in [3.05, 3.63) is 28.3 Å². The van der Waals surface area contributed by atoms with Gasteiger partial charge in [0.15, 0.2) is 0 Å². The number of hydrogen-bond donors (Lipinski definition) is 0. The number of rotatable bonds is 1. The summed E-state index contributed by atoms with van der Waals surface area (Å²) < 4.78 is 0. The summed E-state index contributed by atoms with van der Waals surface area (Å²) in [5, 5.41) is 3.10. The molecule has 1 aromatic rings. The molecule has 0 spiro atoms. The Balaban J connectivity index is 3.32. The molecule has 0 radical (unpaired) electrons. The minimum absolute atomic E-state index is 0.760. The SMILES string of the molecule is Cc1cc(N=C=S)c(C)cc1Cl. The highest BCUT2D eigenvalue weighted by Gasteiger charge is 2.00. The second-order valence-electron chi connectivity index (χ2n) is 2.59. The van der Waals surface area contributed by atoms with Gasteiger partial charge in [-0.1, -0.05) is 11.6 Å². The van der Waals surface area contributed by atoms with Gasteiger partial charge in [0.25, 0.3) is 0 Å². The standard InChI is InChI=1S/C9H8ClNS/c1-6-4-9(11-5-12)7(2)3-8(6)10/h3-4H,1-2H3. The van der Waals surface area contributed by atoms with Crippen LogP contribution in [0.3, 0.4) is 0 Å². The lowest BCUT2D eigenvalue weighted by molar-refractivity contribution is 1.36. The van der Waals surface area contributed by atoms with Crippen LogP contribution in [0.2, 0.25) is 5.02 Å². The molecule has 3 heteroatoms. The molecule has 0 atom stereocenters. The monoisotopic (exact) mass is 197 g/mol. The second-order valence-corrected chi connectivity index (χ2v) is 3.18. The van der Waals surface area contributed by atoms with Crippen molar-refractivity contribution < 1.29 is 0 Å². The molecule has 0 unspecified atom stereocenters. The first-order valence-corrected chi connectivity index (χ1v) is 4.28. The molecule has 0 aliphatic heterocycles. The van der Waals surface area contributed by atoms with Crippen LogP contribution in [0.4, 0.5) is 5.69 Å². The number of isothiocyanates is 1. The van der Waals surface area contributed by atoms with Crippen LogP contribution >= 0.6 is 23.8 Å². The second kappa shape index (κ2) is 3.81. The van der Waals surface area contributed by atoms with Crippen molar-refractivity contribution >= 4 is 34.7 Å². The molecule has 0 heterocycles. The maximum Gasteiger partial charge on any atom is 0.0772 e. The quantitative estimate of drug-likeness (QED) is 0.494. The van der Waals surface area contributed by atoms with Gasteiger partial charge in [-0.3, -0.25) is 0 Å². The molecule has 1 aromatic carbocycles. The van der Waals surface area contributed by atoms with Gasteiger partial charge in [-0.25, -0.2) is 0 Å². The van der Waals surface area contributed by atoms with Crippen LogP contribution < -0.4 is 0 Å². The molecule has 0 aliphatic carbocycles. The number of thiocarbonyl (C=S) groups is 1. The lowest BCUT2D eigenvalue weighted by atomic mass is 10.1. The van der Waals surface area contributed by atoms with Gasteiger partial charge in [-0.05, 0) is 49.3 Å². The Morgan fingerprint density at radius 3 is 2.58 bits per heavy atom. The third-order valence-electron chi connectivity index (χ3n) is 1.64. The summed E-state index contributed by atoms with van der Waals surface area (Å²) in [6, 6.07) is 3.78. The van der Waals surface area contributed by atoms with Crippen molar-refractivity contribution in [2.24, 2.45) is 4.99 Å². The topological polar surface area (TPSA) is 12.4 Å². The van der Waals surface area contributed by atoms with Gasteiger partial charge >= 0.3 is 0 Å². The van der Waals surface area contributed by atoms with E-state index >= 15 is 0 Å². The van der Waals surface area contributed by atoms with Crippen LogP contribution in [0.15, 0.2) is 17.1 Å². The van der Waals surface area contributed by atoms with Crippen LogP contribution in [0, 0.1) is 13.8 Å². The lowest BCUT2D eigenvalue weighted by Crippen LogP contribution is -1.79. The van der Waals surface area contributed by atoms with E-state index in [0.29, 0.717) is 0 Å². The summed E-state index contributed by atoms with van der Waals surface area (Å²) >= 11 is 10.4. The van der Waals surface area contributed by atoms with Crippen LogP contribution in [-0.4, -0.2) is 5.16 Å². The Morgan fingerprint density at radius 2 is 2.00 bits per heavy atom. The number of hydrogen-bond acceptors (Lipinski definition) is 2. The molecular weight excluding hydrogens is 190 g/mol. The summed E-state index contributed by atoms with van der Waals surface area (Å²) in [7, 11) is 0. The van der Waals surface area contributed by atoms with Gasteiger partial charge < -0.3 is 0 Å². The van der Waals surface area contributed by atoms with E-state index in [2.05, 4.69) is 22.4 Å². The molecule has 0 N–H and O–H groups in total. The van der Waals surface area contributed by atoms with Crippen molar-refractivity contribution in [3.63, 3.8) is 0 Å². The van der Waals surface area contributed by atoms with Gasteiger partial charge in [-0.2, -0.15) is 4.99 Å². The highest BCUT2D eigenvalue weighted by Crippen LogP contribution is 2.25. The predicted octanol–water partition coefficient (Wildman–Crippen LogP) is 3.69. The first-order chi connectivity index (χ1) is 5.65. The Labute approximate surface area is 82.1 Å². The molecule has 1 nitrogen and oxygen atoms in total. The van der Waals surface area contributed by atoms with Crippen molar-refractivity contribution in [2.45, 2.75) is 13.8 Å². The van der Waals surface area contributed by atoms with Gasteiger partial charge in [0, 0.05) is 5.02 Å². The highest BCUT2D eigenvalue weighted by atomic mass is 35.5. The van der Waals surface area contributed by atoms with Gasteiger partial charge in [0.05, 0.1) is 10.8 Å². The largest absolute Gasteiger partial charge is 0.194 e. The Kier molecular flexibility index (Phi) is 2.99. The van der Waals surface area contributed by atoms with Crippen molar-refractivity contribution in [2.75, 3.05) is 0 Å². The molecule has 0 saturated carbocycles. The third kappa shape index (κ3) is 1.92. The van der Waals surface area contributed by atoms with E-state index in [-0.39, 0.29) is 0 Å². The highest BCUT2D eigenvalue weighted by molar-refractivity contribution is 7.78. The van der Waals surface area contributed by atoms with Crippen LogP contribution in [0.25, 0.3) is 0 Å². The van der Waals surface area contributed by atoms with Crippen molar-refractivity contribution in [1.82, 2.24) is 0 Å². The number of nitrogens with zero attached hydrogens (tertiary/aromatic N) is 1.